The Morgan fingerprint density at radius 3 is 2.67 bits per heavy atom. The summed E-state index contributed by atoms with van der Waals surface area (Å²) in [5, 5.41) is 6.05. The molecule has 4 N–H and O–H groups in total. The van der Waals surface area contributed by atoms with E-state index in [1.807, 2.05) is 20.8 Å². The Hall–Kier alpha value is -0.770. The molecule has 0 heterocycles. The van der Waals surface area contributed by atoms with Gasteiger partial charge in [-0.2, -0.15) is 0 Å². The number of urea groups is 1. The average molecular weight is 255 g/mol. The summed E-state index contributed by atoms with van der Waals surface area (Å²) < 4.78 is 0. The first-order valence-electron chi connectivity index (χ1n) is 7.19. The summed E-state index contributed by atoms with van der Waals surface area (Å²) in [6.07, 6.45) is 7.03. The first kappa shape index (κ1) is 15.3. The number of hydrogen-bond acceptors (Lipinski definition) is 2. The molecule has 0 radical (unpaired) electrons. The third kappa shape index (κ3) is 6.24. The molecule has 18 heavy (non-hydrogen) atoms. The van der Waals surface area contributed by atoms with Gasteiger partial charge < -0.3 is 16.4 Å². The molecule has 1 rings (SSSR count). The Balaban J connectivity index is 2.31. The summed E-state index contributed by atoms with van der Waals surface area (Å²) >= 11 is 0. The summed E-state index contributed by atoms with van der Waals surface area (Å²) in [4.78, 5) is 11.8. The molecule has 4 heteroatoms. The minimum atomic E-state index is -0.169. The molecule has 0 aliphatic heterocycles. The molecular formula is C14H29N3O. The van der Waals surface area contributed by atoms with Crippen molar-refractivity contribution in [2.24, 2.45) is 11.7 Å². The molecule has 1 fully saturated rings. The molecule has 0 saturated heterocycles. The van der Waals surface area contributed by atoms with Crippen molar-refractivity contribution in [2.75, 3.05) is 6.54 Å². The van der Waals surface area contributed by atoms with Crippen LogP contribution in [0, 0.1) is 5.92 Å². The van der Waals surface area contributed by atoms with Crippen molar-refractivity contribution in [1.82, 2.24) is 10.6 Å². The summed E-state index contributed by atoms with van der Waals surface area (Å²) in [5.41, 5.74) is 5.38. The summed E-state index contributed by atoms with van der Waals surface area (Å²) in [5.74, 6) is 0.738. The number of hydrogen-bond donors (Lipinski definition) is 3. The molecule has 106 valence electrons. The normalized spacial score (nSPS) is 24.7. The molecule has 0 aromatic rings. The largest absolute Gasteiger partial charge is 0.335 e. The molecule has 1 saturated carbocycles. The van der Waals surface area contributed by atoms with Crippen LogP contribution in [0.2, 0.25) is 0 Å². The molecule has 0 aromatic carbocycles. The predicted octanol–water partition coefficient (Wildman–Crippen LogP) is 2.38. The van der Waals surface area contributed by atoms with Gasteiger partial charge in [-0.1, -0.05) is 12.8 Å². The quantitative estimate of drug-likeness (QED) is 0.722. The fraction of sp³-hybridized carbons (Fsp3) is 0.929. The molecular weight excluding hydrogens is 226 g/mol. The van der Waals surface area contributed by atoms with Gasteiger partial charge in [0.1, 0.15) is 0 Å². The molecule has 4 nitrogen and oxygen atoms in total. The fourth-order valence-electron chi connectivity index (χ4n) is 2.65. The van der Waals surface area contributed by atoms with Gasteiger partial charge in [-0.15, -0.1) is 0 Å². The molecule has 1 aliphatic rings. The number of carbonyl (C=O) groups excluding carboxylic acids is 1. The minimum Gasteiger partial charge on any atom is -0.335 e. The molecule has 0 spiro atoms. The zero-order chi connectivity index (χ0) is 13.6. The number of carbonyl (C=O) groups is 1. The second-order valence-corrected chi connectivity index (χ2v) is 6.51. The van der Waals surface area contributed by atoms with Crippen LogP contribution in [0.4, 0.5) is 4.79 Å². The molecule has 2 unspecified atom stereocenters. The first-order valence-corrected chi connectivity index (χ1v) is 7.19. The van der Waals surface area contributed by atoms with E-state index in [1.54, 1.807) is 0 Å². The lowest BCUT2D eigenvalue weighted by molar-refractivity contribution is 0.215. The smallest absolute Gasteiger partial charge is 0.315 e. The van der Waals surface area contributed by atoms with Gasteiger partial charge in [-0.3, -0.25) is 0 Å². The highest BCUT2D eigenvalue weighted by atomic mass is 16.2. The van der Waals surface area contributed by atoms with Crippen LogP contribution in [0.25, 0.3) is 0 Å². The van der Waals surface area contributed by atoms with Crippen molar-refractivity contribution in [3.05, 3.63) is 0 Å². The minimum absolute atomic E-state index is 0.0352. The number of rotatable bonds is 4. The third-order valence-electron chi connectivity index (χ3n) is 3.42. The van der Waals surface area contributed by atoms with Gasteiger partial charge in [0.2, 0.25) is 0 Å². The van der Waals surface area contributed by atoms with E-state index < -0.39 is 0 Å². The van der Waals surface area contributed by atoms with Gasteiger partial charge in [0, 0.05) is 11.6 Å². The van der Waals surface area contributed by atoms with E-state index >= 15 is 0 Å². The Labute approximate surface area is 111 Å². The van der Waals surface area contributed by atoms with E-state index in [9.17, 15) is 4.79 Å². The number of nitrogens with two attached hydrogens (primary N) is 1. The van der Waals surface area contributed by atoms with Gasteiger partial charge >= 0.3 is 6.03 Å². The van der Waals surface area contributed by atoms with Gasteiger partial charge in [0.25, 0.3) is 0 Å². The topological polar surface area (TPSA) is 67.2 Å². The molecule has 2 atom stereocenters. The van der Waals surface area contributed by atoms with Crippen LogP contribution in [0.1, 0.15) is 59.3 Å². The highest BCUT2D eigenvalue weighted by Gasteiger charge is 2.24. The lowest BCUT2D eigenvalue weighted by atomic mass is 9.83. The van der Waals surface area contributed by atoms with Gasteiger partial charge in [0.15, 0.2) is 0 Å². The van der Waals surface area contributed by atoms with Crippen LogP contribution in [0.5, 0.6) is 0 Å². The highest BCUT2D eigenvalue weighted by molar-refractivity contribution is 5.74. The molecule has 0 bridgehead atoms. The van der Waals surface area contributed by atoms with Crippen molar-refractivity contribution in [1.29, 1.82) is 0 Å². The predicted molar refractivity (Wildman–Crippen MR) is 75.5 cm³/mol. The van der Waals surface area contributed by atoms with E-state index in [1.165, 1.54) is 19.3 Å². The van der Waals surface area contributed by atoms with Gasteiger partial charge in [-0.25, -0.2) is 4.79 Å². The summed E-state index contributed by atoms with van der Waals surface area (Å²) in [7, 11) is 0. The lowest BCUT2D eigenvalue weighted by Gasteiger charge is -2.31. The zero-order valence-corrected chi connectivity index (χ0v) is 12.1. The lowest BCUT2D eigenvalue weighted by Crippen LogP contribution is -2.50. The zero-order valence-electron chi connectivity index (χ0n) is 12.1. The summed E-state index contributed by atoms with van der Waals surface area (Å²) in [6.45, 7) is 6.77. The van der Waals surface area contributed by atoms with Gasteiger partial charge in [-0.05, 0) is 58.9 Å². The number of amides is 2. The number of nitrogens with one attached hydrogen (secondary N) is 2. The standard InChI is InChI=1S/C14H29N3O/c1-14(2,3)17-13(18)16-12-8-4-6-11(10-12)7-5-9-15/h11-12H,4-10,15H2,1-3H3,(H2,16,17,18). The van der Waals surface area contributed by atoms with Crippen molar-refractivity contribution in [3.63, 3.8) is 0 Å². The van der Waals surface area contributed by atoms with E-state index in [0.29, 0.717) is 6.04 Å². The van der Waals surface area contributed by atoms with Crippen LogP contribution in [-0.2, 0) is 0 Å². The Bertz CT molecular complexity index is 260. The SMILES string of the molecule is CC(C)(C)NC(=O)NC1CCCC(CCCN)C1. The van der Waals surface area contributed by atoms with Crippen LogP contribution in [0.3, 0.4) is 0 Å². The van der Waals surface area contributed by atoms with Gasteiger partial charge in [0.05, 0.1) is 0 Å². The third-order valence-corrected chi connectivity index (χ3v) is 3.42. The monoisotopic (exact) mass is 255 g/mol. The maximum atomic E-state index is 11.8. The van der Waals surface area contributed by atoms with Crippen molar-refractivity contribution in [2.45, 2.75) is 70.9 Å². The highest BCUT2D eigenvalue weighted by Crippen LogP contribution is 2.27. The van der Waals surface area contributed by atoms with Crippen LogP contribution >= 0.6 is 0 Å². The van der Waals surface area contributed by atoms with Crippen LogP contribution in [0.15, 0.2) is 0 Å². The fourth-order valence-corrected chi connectivity index (χ4v) is 2.65. The van der Waals surface area contributed by atoms with E-state index in [0.717, 1.165) is 31.7 Å². The maximum absolute atomic E-state index is 11.8. The second kappa shape index (κ2) is 6.98. The van der Waals surface area contributed by atoms with E-state index in [4.69, 9.17) is 5.73 Å². The van der Waals surface area contributed by atoms with Crippen molar-refractivity contribution in [3.8, 4) is 0 Å². The van der Waals surface area contributed by atoms with Crippen molar-refractivity contribution < 1.29 is 4.79 Å². The van der Waals surface area contributed by atoms with Crippen molar-refractivity contribution >= 4 is 6.03 Å². The molecule has 2 amide bonds. The Morgan fingerprint density at radius 1 is 1.33 bits per heavy atom. The maximum Gasteiger partial charge on any atom is 0.315 e. The second-order valence-electron chi connectivity index (χ2n) is 6.51. The molecule has 1 aliphatic carbocycles. The summed E-state index contributed by atoms with van der Waals surface area (Å²) in [6, 6.07) is 0.302. The van der Waals surface area contributed by atoms with E-state index in [2.05, 4.69) is 10.6 Å². The molecule has 0 aromatic heterocycles. The van der Waals surface area contributed by atoms with E-state index in [-0.39, 0.29) is 11.6 Å². The van der Waals surface area contributed by atoms with Crippen LogP contribution < -0.4 is 16.4 Å². The van der Waals surface area contributed by atoms with Crippen LogP contribution in [-0.4, -0.2) is 24.2 Å². The Kier molecular flexibility index (Phi) is 5.93. The first-order chi connectivity index (χ1) is 8.40. The Morgan fingerprint density at radius 2 is 2.06 bits per heavy atom. The average Bonchev–Trinajstić information content (AvgIpc) is 2.24.